The van der Waals surface area contributed by atoms with Crippen LogP contribution in [0.15, 0.2) is 30.5 Å². The second-order valence-corrected chi connectivity index (χ2v) is 8.40. The van der Waals surface area contributed by atoms with E-state index in [9.17, 15) is 4.79 Å². The number of carbonyl (C=O) groups is 1. The molecule has 2 heterocycles. The van der Waals surface area contributed by atoms with Crippen LogP contribution in [0.5, 0.6) is 11.5 Å². The van der Waals surface area contributed by atoms with Gasteiger partial charge >= 0.3 is 0 Å². The average Bonchev–Trinajstić information content (AvgIpc) is 3.48. The SMILES string of the molecule is COc1ccc(OC2CCN(C3CCCC3)CC2)c(C(=O)N(C)Cc2ccn[nH]2)c1. The van der Waals surface area contributed by atoms with Crippen molar-refractivity contribution in [2.45, 2.75) is 57.2 Å². The molecule has 1 aliphatic heterocycles. The molecule has 2 fully saturated rings. The number of nitrogens with one attached hydrogen (secondary N) is 1. The number of H-pyrrole nitrogens is 1. The van der Waals surface area contributed by atoms with E-state index < -0.39 is 0 Å². The van der Waals surface area contributed by atoms with Gasteiger partial charge in [-0.15, -0.1) is 0 Å². The summed E-state index contributed by atoms with van der Waals surface area (Å²) in [5, 5.41) is 6.85. The fraction of sp³-hybridized carbons (Fsp3) is 0.565. The van der Waals surface area contributed by atoms with Crippen LogP contribution in [0.1, 0.15) is 54.6 Å². The molecule has 30 heavy (non-hydrogen) atoms. The van der Waals surface area contributed by atoms with Gasteiger partial charge in [-0.1, -0.05) is 12.8 Å². The first-order chi connectivity index (χ1) is 14.6. The Labute approximate surface area is 178 Å². The summed E-state index contributed by atoms with van der Waals surface area (Å²) >= 11 is 0. The highest BCUT2D eigenvalue weighted by molar-refractivity contribution is 5.97. The van der Waals surface area contributed by atoms with E-state index in [4.69, 9.17) is 9.47 Å². The molecule has 1 saturated carbocycles. The smallest absolute Gasteiger partial charge is 0.257 e. The van der Waals surface area contributed by atoms with Gasteiger partial charge in [0.05, 0.1) is 24.9 Å². The van der Waals surface area contributed by atoms with Crippen molar-refractivity contribution in [2.24, 2.45) is 0 Å². The standard InChI is InChI=1S/C23H32N4O3/c1-26(16-17-9-12-24-25-17)23(28)21-15-20(29-2)7-8-22(21)30-19-10-13-27(14-11-19)18-5-3-4-6-18/h7-9,12,15,18-19H,3-6,10-11,13-14,16H2,1-2H3,(H,24,25). The molecule has 0 atom stereocenters. The van der Waals surface area contributed by atoms with Crippen LogP contribution in [0.4, 0.5) is 0 Å². The molecule has 162 valence electrons. The lowest BCUT2D eigenvalue weighted by Crippen LogP contribution is -2.43. The van der Waals surface area contributed by atoms with Crippen LogP contribution < -0.4 is 9.47 Å². The Hall–Kier alpha value is -2.54. The monoisotopic (exact) mass is 412 g/mol. The van der Waals surface area contributed by atoms with Gasteiger partial charge in [0.15, 0.2) is 0 Å². The first-order valence-corrected chi connectivity index (χ1v) is 11.0. The highest BCUT2D eigenvalue weighted by atomic mass is 16.5. The third-order valence-corrected chi connectivity index (χ3v) is 6.34. The van der Waals surface area contributed by atoms with Gasteiger partial charge in [0.25, 0.3) is 5.91 Å². The van der Waals surface area contributed by atoms with Crippen LogP contribution in [0.25, 0.3) is 0 Å². The number of likely N-dealkylation sites (tertiary alicyclic amines) is 1. The summed E-state index contributed by atoms with van der Waals surface area (Å²) in [4.78, 5) is 17.5. The number of hydrogen-bond donors (Lipinski definition) is 1. The normalized spacial score (nSPS) is 18.5. The molecular weight excluding hydrogens is 380 g/mol. The van der Waals surface area contributed by atoms with E-state index in [2.05, 4.69) is 15.1 Å². The number of amides is 1. The van der Waals surface area contributed by atoms with Gasteiger partial charge in [-0.3, -0.25) is 9.89 Å². The summed E-state index contributed by atoms with van der Waals surface area (Å²) < 4.78 is 11.7. The number of methoxy groups -OCH3 is 1. The van der Waals surface area contributed by atoms with Gasteiger partial charge in [0.1, 0.15) is 17.6 Å². The molecule has 1 N–H and O–H groups in total. The van der Waals surface area contributed by atoms with E-state index in [1.165, 1.54) is 25.7 Å². The second kappa shape index (κ2) is 9.51. The van der Waals surface area contributed by atoms with Crippen molar-refractivity contribution in [3.63, 3.8) is 0 Å². The van der Waals surface area contributed by atoms with E-state index in [1.807, 2.05) is 18.2 Å². The fourth-order valence-corrected chi connectivity index (χ4v) is 4.62. The van der Waals surface area contributed by atoms with Crippen LogP contribution in [0.2, 0.25) is 0 Å². The van der Waals surface area contributed by atoms with Gasteiger partial charge in [-0.2, -0.15) is 5.10 Å². The highest BCUT2D eigenvalue weighted by Gasteiger charge is 2.29. The second-order valence-electron chi connectivity index (χ2n) is 8.40. The minimum absolute atomic E-state index is 0.0955. The largest absolute Gasteiger partial charge is 0.497 e. The zero-order chi connectivity index (χ0) is 20.9. The molecule has 0 spiro atoms. The van der Waals surface area contributed by atoms with Crippen molar-refractivity contribution in [1.29, 1.82) is 0 Å². The van der Waals surface area contributed by atoms with Crippen molar-refractivity contribution in [3.05, 3.63) is 41.7 Å². The summed E-state index contributed by atoms with van der Waals surface area (Å²) in [6.07, 6.45) is 9.23. The number of piperidine rings is 1. The number of benzene rings is 1. The number of nitrogens with zero attached hydrogens (tertiary/aromatic N) is 3. The minimum atomic E-state index is -0.0955. The molecule has 7 nitrogen and oxygen atoms in total. The number of ether oxygens (including phenoxy) is 2. The Morgan fingerprint density at radius 2 is 1.97 bits per heavy atom. The summed E-state index contributed by atoms with van der Waals surface area (Å²) in [5.74, 6) is 1.19. The topological polar surface area (TPSA) is 70.7 Å². The molecule has 0 radical (unpaired) electrons. The van der Waals surface area contributed by atoms with Crippen molar-refractivity contribution in [2.75, 3.05) is 27.2 Å². The molecule has 1 amide bonds. The Morgan fingerprint density at radius 1 is 1.20 bits per heavy atom. The molecule has 7 heteroatoms. The predicted molar refractivity (Wildman–Crippen MR) is 115 cm³/mol. The van der Waals surface area contributed by atoms with Gasteiger partial charge in [0, 0.05) is 32.4 Å². The Kier molecular flexibility index (Phi) is 6.57. The van der Waals surface area contributed by atoms with E-state index in [1.54, 1.807) is 31.3 Å². The van der Waals surface area contributed by atoms with Gasteiger partial charge in [0.2, 0.25) is 0 Å². The third kappa shape index (κ3) is 4.78. The molecule has 2 aromatic rings. The van der Waals surface area contributed by atoms with Crippen molar-refractivity contribution in [1.82, 2.24) is 20.0 Å². The number of aromatic amines is 1. The maximum Gasteiger partial charge on any atom is 0.257 e. The van der Waals surface area contributed by atoms with Crippen LogP contribution >= 0.6 is 0 Å². The van der Waals surface area contributed by atoms with E-state index in [0.29, 0.717) is 23.6 Å². The molecule has 1 aromatic carbocycles. The molecule has 1 aliphatic carbocycles. The first-order valence-electron chi connectivity index (χ1n) is 11.0. The van der Waals surface area contributed by atoms with Gasteiger partial charge < -0.3 is 19.3 Å². The average molecular weight is 413 g/mol. The summed E-state index contributed by atoms with van der Waals surface area (Å²) in [5.41, 5.74) is 1.42. The Bertz CT molecular complexity index is 825. The zero-order valence-electron chi connectivity index (χ0n) is 18.0. The lowest BCUT2D eigenvalue weighted by molar-refractivity contribution is 0.0708. The maximum absolute atomic E-state index is 13.2. The number of aromatic nitrogens is 2. The van der Waals surface area contributed by atoms with E-state index >= 15 is 0 Å². The maximum atomic E-state index is 13.2. The molecule has 0 bridgehead atoms. The molecule has 1 aromatic heterocycles. The zero-order valence-corrected chi connectivity index (χ0v) is 18.0. The summed E-state index contributed by atoms with van der Waals surface area (Å²) in [6.45, 7) is 2.61. The number of hydrogen-bond acceptors (Lipinski definition) is 5. The van der Waals surface area contributed by atoms with Gasteiger partial charge in [-0.25, -0.2) is 0 Å². The van der Waals surface area contributed by atoms with E-state index in [-0.39, 0.29) is 12.0 Å². The highest BCUT2D eigenvalue weighted by Crippen LogP contribution is 2.30. The molecule has 0 unspecified atom stereocenters. The molecular formula is C23H32N4O3. The number of carbonyl (C=O) groups excluding carboxylic acids is 1. The summed E-state index contributed by atoms with van der Waals surface area (Å²) in [6, 6.07) is 8.12. The van der Waals surface area contributed by atoms with Crippen molar-refractivity contribution >= 4 is 5.91 Å². The van der Waals surface area contributed by atoms with Gasteiger partial charge in [-0.05, 0) is 49.9 Å². The van der Waals surface area contributed by atoms with Crippen LogP contribution in [-0.4, -0.2) is 65.3 Å². The van der Waals surface area contributed by atoms with E-state index in [0.717, 1.165) is 37.7 Å². The number of rotatable bonds is 7. The third-order valence-electron chi connectivity index (χ3n) is 6.34. The lowest BCUT2D eigenvalue weighted by atomic mass is 10.0. The Morgan fingerprint density at radius 3 is 2.63 bits per heavy atom. The van der Waals surface area contributed by atoms with Crippen LogP contribution in [0, 0.1) is 0 Å². The fourth-order valence-electron chi connectivity index (χ4n) is 4.62. The van der Waals surface area contributed by atoms with Crippen molar-refractivity contribution < 1.29 is 14.3 Å². The molecule has 2 aliphatic rings. The van der Waals surface area contributed by atoms with Crippen LogP contribution in [0.3, 0.4) is 0 Å². The quantitative estimate of drug-likeness (QED) is 0.754. The first kappa shape index (κ1) is 20.7. The minimum Gasteiger partial charge on any atom is -0.497 e. The lowest BCUT2D eigenvalue weighted by Gasteiger charge is -2.36. The Balaban J connectivity index is 1.43. The van der Waals surface area contributed by atoms with Crippen LogP contribution in [-0.2, 0) is 6.54 Å². The predicted octanol–water partition coefficient (Wildman–Crippen LogP) is 3.48. The molecule has 4 rings (SSSR count). The van der Waals surface area contributed by atoms with Crippen molar-refractivity contribution in [3.8, 4) is 11.5 Å². The molecule has 1 saturated heterocycles. The summed E-state index contributed by atoms with van der Waals surface area (Å²) in [7, 11) is 3.39.